The van der Waals surface area contributed by atoms with Gasteiger partial charge in [-0.15, -0.1) is 0 Å². The molecular formula is C19H22N4O3. The Kier molecular flexibility index (Phi) is 3.94. The number of amides is 2. The van der Waals surface area contributed by atoms with Crippen molar-refractivity contribution in [3.05, 3.63) is 48.3 Å². The van der Waals surface area contributed by atoms with E-state index in [0.717, 1.165) is 11.3 Å². The number of fused-ring (bicyclic) bond motifs is 4. The van der Waals surface area contributed by atoms with Gasteiger partial charge >= 0.3 is 0 Å². The van der Waals surface area contributed by atoms with Crippen LogP contribution < -0.4 is 10.5 Å². The van der Waals surface area contributed by atoms with Crippen molar-refractivity contribution in [2.45, 2.75) is 38.0 Å². The summed E-state index contributed by atoms with van der Waals surface area (Å²) in [5.41, 5.74) is 5.74. The molecule has 1 aromatic carbocycles. The van der Waals surface area contributed by atoms with Gasteiger partial charge in [0.15, 0.2) is 5.72 Å². The Morgan fingerprint density at radius 2 is 2.15 bits per heavy atom. The Balaban J connectivity index is 1.63. The van der Waals surface area contributed by atoms with Crippen LogP contribution in [0.5, 0.6) is 5.75 Å². The standard InChI is InChI=1S/C19H22N4O3/c1-19-12-14(13-6-2-3-7-15(13)26-19)16(17(20)24)18(25)23(19)11-5-10-22-9-4-8-21-22/h2-4,6-9,14,16H,5,10-12H2,1H3,(H2,20,24). The third kappa shape index (κ3) is 2.64. The summed E-state index contributed by atoms with van der Waals surface area (Å²) in [5.74, 6) is -1.18. The van der Waals surface area contributed by atoms with E-state index in [4.69, 9.17) is 10.5 Å². The fraction of sp³-hybridized carbons (Fsp3) is 0.421. The first kappa shape index (κ1) is 16.6. The first-order valence-electron chi connectivity index (χ1n) is 8.86. The number of aryl methyl sites for hydroxylation is 1. The van der Waals surface area contributed by atoms with E-state index in [1.807, 2.05) is 48.1 Å². The van der Waals surface area contributed by atoms with Crippen molar-refractivity contribution in [1.29, 1.82) is 0 Å². The van der Waals surface area contributed by atoms with E-state index in [1.165, 1.54) is 0 Å². The molecule has 2 aliphatic heterocycles. The molecule has 2 aromatic rings. The Morgan fingerprint density at radius 3 is 2.88 bits per heavy atom. The number of carbonyl (C=O) groups excluding carboxylic acids is 2. The van der Waals surface area contributed by atoms with Gasteiger partial charge in [-0.25, -0.2) is 0 Å². The monoisotopic (exact) mass is 354 g/mol. The first-order valence-corrected chi connectivity index (χ1v) is 8.86. The molecular weight excluding hydrogens is 332 g/mol. The van der Waals surface area contributed by atoms with Crippen LogP contribution in [-0.2, 0) is 16.1 Å². The van der Waals surface area contributed by atoms with E-state index in [-0.39, 0.29) is 11.8 Å². The van der Waals surface area contributed by atoms with E-state index in [2.05, 4.69) is 5.10 Å². The number of aromatic nitrogens is 2. The molecule has 2 N–H and O–H groups in total. The minimum atomic E-state index is -0.849. The van der Waals surface area contributed by atoms with Crippen LogP contribution in [0.15, 0.2) is 42.7 Å². The fourth-order valence-corrected chi connectivity index (χ4v) is 4.20. The molecule has 0 radical (unpaired) electrons. The highest BCUT2D eigenvalue weighted by atomic mass is 16.5. The molecule has 0 saturated carbocycles. The fourth-order valence-electron chi connectivity index (χ4n) is 4.20. The highest BCUT2D eigenvalue weighted by Crippen LogP contribution is 2.49. The summed E-state index contributed by atoms with van der Waals surface area (Å²) in [5, 5.41) is 4.18. The average Bonchev–Trinajstić information content (AvgIpc) is 3.10. The van der Waals surface area contributed by atoms with Crippen LogP contribution in [0.4, 0.5) is 0 Å². The van der Waals surface area contributed by atoms with Gasteiger partial charge in [0.05, 0.1) is 0 Å². The second-order valence-electron chi connectivity index (χ2n) is 7.12. The molecule has 4 rings (SSSR count). The summed E-state index contributed by atoms with van der Waals surface area (Å²) in [7, 11) is 0. The van der Waals surface area contributed by atoms with Gasteiger partial charge in [0.25, 0.3) is 0 Å². The van der Waals surface area contributed by atoms with Crippen molar-refractivity contribution in [2.75, 3.05) is 6.54 Å². The van der Waals surface area contributed by atoms with Gasteiger partial charge in [-0.05, 0) is 31.0 Å². The lowest BCUT2D eigenvalue weighted by atomic mass is 9.73. The van der Waals surface area contributed by atoms with Gasteiger partial charge in [0.1, 0.15) is 11.7 Å². The van der Waals surface area contributed by atoms with Gasteiger partial charge in [0.2, 0.25) is 11.8 Å². The Hall–Kier alpha value is -2.83. The SMILES string of the molecule is CC12CC(c3ccccc3O1)C(C(N)=O)C(=O)N2CCCn1cccn1. The van der Waals surface area contributed by atoms with Gasteiger partial charge in [-0.3, -0.25) is 14.3 Å². The van der Waals surface area contributed by atoms with E-state index < -0.39 is 17.6 Å². The summed E-state index contributed by atoms with van der Waals surface area (Å²) >= 11 is 0. The minimum Gasteiger partial charge on any atom is -0.468 e. The van der Waals surface area contributed by atoms with Gasteiger partial charge in [0, 0.05) is 37.8 Å². The number of nitrogens with zero attached hydrogens (tertiary/aromatic N) is 3. The number of hydrogen-bond donors (Lipinski definition) is 1. The summed E-state index contributed by atoms with van der Waals surface area (Å²) in [6.07, 6.45) is 4.88. The molecule has 1 fully saturated rings. The third-order valence-corrected chi connectivity index (χ3v) is 5.39. The lowest BCUT2D eigenvalue weighted by Gasteiger charge is -2.52. The van der Waals surface area contributed by atoms with E-state index in [0.29, 0.717) is 25.9 Å². The zero-order valence-corrected chi connectivity index (χ0v) is 14.7. The highest BCUT2D eigenvalue weighted by molar-refractivity contribution is 6.01. The van der Waals surface area contributed by atoms with Crippen LogP contribution in [0, 0.1) is 5.92 Å². The van der Waals surface area contributed by atoms with Crippen LogP contribution in [0.3, 0.4) is 0 Å². The lowest BCUT2D eigenvalue weighted by Crippen LogP contribution is -2.64. The van der Waals surface area contributed by atoms with Crippen LogP contribution in [0.1, 0.15) is 31.2 Å². The molecule has 7 nitrogen and oxygen atoms in total. The largest absolute Gasteiger partial charge is 0.468 e. The summed E-state index contributed by atoms with van der Waals surface area (Å²) in [6, 6.07) is 9.45. The minimum absolute atomic E-state index is 0.239. The topological polar surface area (TPSA) is 90.5 Å². The molecule has 3 atom stereocenters. The molecule has 0 aliphatic carbocycles. The van der Waals surface area contributed by atoms with Crippen LogP contribution in [0.2, 0.25) is 0 Å². The predicted molar refractivity (Wildman–Crippen MR) is 94.1 cm³/mol. The summed E-state index contributed by atoms with van der Waals surface area (Å²) in [4.78, 5) is 26.9. The Morgan fingerprint density at radius 1 is 1.35 bits per heavy atom. The molecule has 1 aromatic heterocycles. The third-order valence-electron chi connectivity index (χ3n) is 5.39. The van der Waals surface area contributed by atoms with Gasteiger partial charge < -0.3 is 15.4 Å². The molecule has 136 valence electrons. The second kappa shape index (κ2) is 6.16. The van der Waals surface area contributed by atoms with Crippen molar-refractivity contribution < 1.29 is 14.3 Å². The van der Waals surface area contributed by atoms with Gasteiger partial charge in [-0.2, -0.15) is 5.10 Å². The number of hydrogen-bond acceptors (Lipinski definition) is 4. The number of primary amides is 1. The average molecular weight is 354 g/mol. The number of para-hydroxylation sites is 1. The molecule has 3 unspecified atom stereocenters. The Bertz CT molecular complexity index is 835. The first-order chi connectivity index (χ1) is 12.5. The maximum Gasteiger partial charge on any atom is 0.238 e. The molecule has 2 amide bonds. The summed E-state index contributed by atoms with van der Waals surface area (Å²) in [6.45, 7) is 3.08. The number of carbonyl (C=O) groups is 2. The normalized spacial score (nSPS) is 27.0. The van der Waals surface area contributed by atoms with E-state index >= 15 is 0 Å². The molecule has 2 bridgehead atoms. The Labute approximate surface area is 151 Å². The highest BCUT2D eigenvalue weighted by Gasteiger charge is 2.55. The molecule has 2 aliphatic rings. The zero-order chi connectivity index (χ0) is 18.3. The van der Waals surface area contributed by atoms with Crippen LogP contribution >= 0.6 is 0 Å². The molecule has 7 heteroatoms. The maximum atomic E-state index is 13.1. The second-order valence-corrected chi connectivity index (χ2v) is 7.12. The predicted octanol–water partition coefficient (Wildman–Crippen LogP) is 1.50. The molecule has 3 heterocycles. The van der Waals surface area contributed by atoms with E-state index in [9.17, 15) is 9.59 Å². The quantitative estimate of drug-likeness (QED) is 0.824. The number of ether oxygens (including phenoxy) is 1. The van der Waals surface area contributed by atoms with Crippen molar-refractivity contribution in [3.8, 4) is 5.75 Å². The maximum absolute atomic E-state index is 13.1. The molecule has 1 saturated heterocycles. The van der Waals surface area contributed by atoms with Gasteiger partial charge in [-0.1, -0.05) is 18.2 Å². The number of piperidine rings is 1. The number of rotatable bonds is 5. The molecule has 0 spiro atoms. The van der Waals surface area contributed by atoms with E-state index in [1.54, 1.807) is 11.1 Å². The molecule has 26 heavy (non-hydrogen) atoms. The number of benzene rings is 1. The lowest BCUT2D eigenvalue weighted by molar-refractivity contribution is -0.175. The van der Waals surface area contributed by atoms with Crippen molar-refractivity contribution in [3.63, 3.8) is 0 Å². The summed E-state index contributed by atoms with van der Waals surface area (Å²) < 4.78 is 8.04. The zero-order valence-electron chi connectivity index (χ0n) is 14.7. The van der Waals surface area contributed by atoms with Crippen molar-refractivity contribution in [1.82, 2.24) is 14.7 Å². The smallest absolute Gasteiger partial charge is 0.238 e. The van der Waals surface area contributed by atoms with Crippen molar-refractivity contribution in [2.24, 2.45) is 11.7 Å². The number of nitrogens with two attached hydrogens (primary N) is 1. The number of likely N-dealkylation sites (tertiary alicyclic amines) is 1. The van der Waals surface area contributed by atoms with Crippen LogP contribution in [-0.4, -0.2) is 38.8 Å². The van der Waals surface area contributed by atoms with Crippen molar-refractivity contribution >= 4 is 11.8 Å². The van der Waals surface area contributed by atoms with Crippen LogP contribution in [0.25, 0.3) is 0 Å².